The van der Waals surface area contributed by atoms with E-state index in [1.807, 2.05) is 12.1 Å². The smallest absolute Gasteiger partial charge is 0.387 e. The molecule has 0 radical (unpaired) electrons. The molecule has 0 bridgehead atoms. The normalized spacial score (nSPS) is 16.4. The fourth-order valence-corrected chi connectivity index (χ4v) is 3.49. The zero-order chi connectivity index (χ0) is 19.1. The molecule has 1 aliphatic heterocycles. The van der Waals surface area contributed by atoms with Crippen LogP contribution in [0.15, 0.2) is 41.0 Å². The average molecular weight is 380 g/mol. The molecule has 5 nitrogen and oxygen atoms in total. The highest BCUT2D eigenvalue weighted by atomic mass is 19.3. The van der Waals surface area contributed by atoms with E-state index < -0.39 is 6.61 Å². The first-order chi connectivity index (χ1) is 13.2. The number of methoxy groups -OCH3 is 1. The van der Waals surface area contributed by atoms with E-state index in [0.717, 1.165) is 31.0 Å². The van der Waals surface area contributed by atoms with Crippen molar-refractivity contribution in [2.45, 2.75) is 38.5 Å². The van der Waals surface area contributed by atoms with Gasteiger partial charge in [-0.2, -0.15) is 8.78 Å². The molecule has 2 aromatic rings. The van der Waals surface area contributed by atoms with Crippen LogP contribution in [0.2, 0.25) is 0 Å². The molecule has 0 spiro atoms. The molecule has 1 aliphatic rings. The minimum Gasteiger partial charge on any atom is -0.493 e. The van der Waals surface area contributed by atoms with Crippen molar-refractivity contribution in [1.29, 1.82) is 0 Å². The number of likely N-dealkylation sites (tertiary alicyclic amines) is 1. The molecule has 3 rings (SSSR count). The molecular formula is C20H26F2N2O3. The second-order valence-electron chi connectivity index (χ2n) is 6.62. The molecule has 1 N–H and O–H groups in total. The highest BCUT2D eigenvalue weighted by Gasteiger charge is 2.24. The molecule has 2 heterocycles. The van der Waals surface area contributed by atoms with Crippen LogP contribution >= 0.6 is 0 Å². The summed E-state index contributed by atoms with van der Waals surface area (Å²) in [5, 5.41) is 3.45. The zero-order valence-electron chi connectivity index (χ0n) is 15.5. The minimum absolute atomic E-state index is 0.0398. The monoisotopic (exact) mass is 380 g/mol. The zero-order valence-corrected chi connectivity index (χ0v) is 15.5. The maximum atomic E-state index is 12.4. The number of piperidine rings is 1. The van der Waals surface area contributed by atoms with Crippen molar-refractivity contribution < 1.29 is 22.7 Å². The van der Waals surface area contributed by atoms with Crippen molar-refractivity contribution in [3.8, 4) is 11.5 Å². The number of benzene rings is 1. The lowest BCUT2D eigenvalue weighted by Gasteiger charge is -2.33. The van der Waals surface area contributed by atoms with E-state index in [-0.39, 0.29) is 11.8 Å². The topological polar surface area (TPSA) is 46.9 Å². The molecule has 0 saturated carbocycles. The molecule has 0 amide bonds. The van der Waals surface area contributed by atoms with Gasteiger partial charge in [0.25, 0.3) is 0 Å². The molecule has 1 fully saturated rings. The van der Waals surface area contributed by atoms with Crippen LogP contribution in [-0.4, -0.2) is 38.3 Å². The van der Waals surface area contributed by atoms with E-state index in [1.54, 1.807) is 18.4 Å². The second-order valence-corrected chi connectivity index (χ2v) is 6.62. The first-order valence-electron chi connectivity index (χ1n) is 9.27. The third-order valence-electron chi connectivity index (χ3n) is 4.81. The van der Waals surface area contributed by atoms with Gasteiger partial charge in [-0.25, -0.2) is 0 Å². The van der Waals surface area contributed by atoms with Crippen molar-refractivity contribution in [2.75, 3.05) is 26.7 Å². The van der Waals surface area contributed by atoms with Crippen LogP contribution in [0.1, 0.15) is 36.6 Å². The van der Waals surface area contributed by atoms with Gasteiger partial charge < -0.3 is 19.2 Å². The Morgan fingerprint density at radius 1 is 1.15 bits per heavy atom. The van der Waals surface area contributed by atoms with Gasteiger partial charge in [0.05, 0.1) is 19.4 Å². The quantitative estimate of drug-likeness (QED) is 0.706. The Labute approximate surface area is 158 Å². The third-order valence-corrected chi connectivity index (χ3v) is 4.81. The Kier molecular flexibility index (Phi) is 7.06. The summed E-state index contributed by atoms with van der Waals surface area (Å²) in [6.07, 6.45) is 5.40. The largest absolute Gasteiger partial charge is 0.493 e. The summed E-state index contributed by atoms with van der Waals surface area (Å²) in [6.45, 7) is 0.601. The van der Waals surface area contributed by atoms with Crippen LogP contribution in [0.25, 0.3) is 0 Å². The number of ether oxygens (including phenoxy) is 2. The van der Waals surface area contributed by atoms with Crippen LogP contribution in [0, 0.1) is 0 Å². The molecule has 1 saturated heterocycles. The van der Waals surface area contributed by atoms with Gasteiger partial charge in [0.2, 0.25) is 0 Å². The predicted octanol–water partition coefficient (Wildman–Crippen LogP) is 4.21. The van der Waals surface area contributed by atoms with E-state index in [2.05, 4.69) is 15.0 Å². The van der Waals surface area contributed by atoms with Crippen LogP contribution in [-0.2, 0) is 6.54 Å². The number of hydrogen-bond donors (Lipinski definition) is 1. The van der Waals surface area contributed by atoms with Gasteiger partial charge in [-0.05, 0) is 55.8 Å². The number of hydrogen-bond acceptors (Lipinski definition) is 5. The van der Waals surface area contributed by atoms with Gasteiger partial charge in [0.15, 0.2) is 11.5 Å². The lowest BCUT2D eigenvalue weighted by Crippen LogP contribution is -2.38. The van der Waals surface area contributed by atoms with Crippen LogP contribution in [0.5, 0.6) is 11.5 Å². The molecule has 7 heteroatoms. The van der Waals surface area contributed by atoms with Crippen LogP contribution in [0.4, 0.5) is 8.78 Å². The number of furan rings is 1. The van der Waals surface area contributed by atoms with E-state index in [9.17, 15) is 8.78 Å². The highest BCUT2D eigenvalue weighted by Crippen LogP contribution is 2.30. The standard InChI is InChI=1S/C20H26F2N2O3/c1-25-19-12-15(7-8-18(19)27-20(21)22)13-23-14-16(17-6-5-11-26-17)24-9-3-2-4-10-24/h5-8,11-12,16,20,23H,2-4,9-10,13-14H2,1H3. The SMILES string of the molecule is COc1cc(CNCC(c2ccco2)N2CCCCC2)ccc1OC(F)F. The number of rotatable bonds is 9. The molecule has 0 aliphatic carbocycles. The van der Waals surface area contributed by atoms with Crippen molar-refractivity contribution in [3.63, 3.8) is 0 Å². The van der Waals surface area contributed by atoms with E-state index in [1.165, 1.54) is 32.4 Å². The van der Waals surface area contributed by atoms with Crippen molar-refractivity contribution in [3.05, 3.63) is 47.9 Å². The fourth-order valence-electron chi connectivity index (χ4n) is 3.49. The lowest BCUT2D eigenvalue weighted by atomic mass is 10.1. The summed E-state index contributed by atoms with van der Waals surface area (Å²) in [4.78, 5) is 2.45. The molecule has 1 unspecified atom stereocenters. The van der Waals surface area contributed by atoms with Crippen LogP contribution in [0.3, 0.4) is 0 Å². The van der Waals surface area contributed by atoms with Gasteiger partial charge >= 0.3 is 6.61 Å². The summed E-state index contributed by atoms with van der Waals surface area (Å²) in [6, 6.07) is 9.10. The summed E-state index contributed by atoms with van der Waals surface area (Å²) in [7, 11) is 1.44. The minimum atomic E-state index is -2.87. The molecule has 148 valence electrons. The molecule has 27 heavy (non-hydrogen) atoms. The van der Waals surface area contributed by atoms with Gasteiger partial charge in [-0.15, -0.1) is 0 Å². The van der Waals surface area contributed by atoms with Gasteiger partial charge in [0.1, 0.15) is 5.76 Å². The fraction of sp³-hybridized carbons (Fsp3) is 0.500. The van der Waals surface area contributed by atoms with Crippen molar-refractivity contribution in [1.82, 2.24) is 10.2 Å². The van der Waals surface area contributed by atoms with Gasteiger partial charge in [-0.1, -0.05) is 12.5 Å². The Morgan fingerprint density at radius 3 is 2.63 bits per heavy atom. The average Bonchev–Trinajstić information content (AvgIpc) is 3.21. The molecule has 1 aromatic heterocycles. The predicted molar refractivity (Wildman–Crippen MR) is 98.2 cm³/mol. The number of nitrogens with zero attached hydrogens (tertiary/aromatic N) is 1. The first-order valence-corrected chi connectivity index (χ1v) is 9.27. The maximum absolute atomic E-state index is 12.4. The van der Waals surface area contributed by atoms with Crippen molar-refractivity contribution in [2.24, 2.45) is 0 Å². The van der Waals surface area contributed by atoms with Gasteiger partial charge in [0, 0.05) is 13.1 Å². The van der Waals surface area contributed by atoms with E-state index in [4.69, 9.17) is 9.15 Å². The Bertz CT molecular complexity index is 689. The summed E-state index contributed by atoms with van der Waals surface area (Å²) in [5.41, 5.74) is 0.935. The van der Waals surface area contributed by atoms with E-state index in [0.29, 0.717) is 12.3 Å². The summed E-state index contributed by atoms with van der Waals surface area (Å²) < 4.78 is 40.1. The Hall–Kier alpha value is -2.12. The Balaban J connectivity index is 1.61. The highest BCUT2D eigenvalue weighted by molar-refractivity contribution is 5.43. The second kappa shape index (κ2) is 9.71. The summed E-state index contributed by atoms with van der Waals surface area (Å²) >= 11 is 0. The van der Waals surface area contributed by atoms with Crippen molar-refractivity contribution >= 4 is 0 Å². The first kappa shape index (κ1) is 19.6. The molecule has 1 aromatic carbocycles. The van der Waals surface area contributed by atoms with Crippen LogP contribution < -0.4 is 14.8 Å². The number of halogens is 2. The lowest BCUT2D eigenvalue weighted by molar-refractivity contribution is -0.0512. The maximum Gasteiger partial charge on any atom is 0.387 e. The Morgan fingerprint density at radius 2 is 1.96 bits per heavy atom. The molecule has 1 atom stereocenters. The van der Waals surface area contributed by atoms with Gasteiger partial charge in [-0.3, -0.25) is 4.90 Å². The number of alkyl halides is 2. The number of nitrogens with one attached hydrogen (secondary N) is 1. The van der Waals surface area contributed by atoms with E-state index >= 15 is 0 Å². The third kappa shape index (κ3) is 5.43. The molecular weight excluding hydrogens is 354 g/mol. The summed E-state index contributed by atoms with van der Waals surface area (Å²) in [5.74, 6) is 1.30.